The van der Waals surface area contributed by atoms with Gasteiger partial charge in [0, 0.05) is 36.2 Å². The molecule has 22 heavy (non-hydrogen) atoms. The molecule has 0 bridgehead atoms. The van der Waals surface area contributed by atoms with Crippen LogP contribution in [-0.2, 0) is 17.9 Å². The summed E-state index contributed by atoms with van der Waals surface area (Å²) < 4.78 is 1.10. The molecule has 3 rings (SSSR count). The van der Waals surface area contributed by atoms with E-state index in [1.54, 1.807) is 0 Å². The molecule has 1 saturated heterocycles. The number of carbonyl (C=O) groups excluding carboxylic acids is 1. The summed E-state index contributed by atoms with van der Waals surface area (Å²) in [5.41, 5.74) is 3.51. The zero-order valence-electron chi connectivity index (χ0n) is 12.4. The molecule has 0 unspecified atom stereocenters. The van der Waals surface area contributed by atoms with E-state index in [2.05, 4.69) is 57.6 Å². The van der Waals surface area contributed by atoms with E-state index in [1.165, 1.54) is 11.1 Å². The third-order valence-electron chi connectivity index (χ3n) is 3.89. The minimum atomic E-state index is 0.237. The highest BCUT2D eigenvalue weighted by molar-refractivity contribution is 9.10. The summed E-state index contributed by atoms with van der Waals surface area (Å²) >= 11 is 3.44. The van der Waals surface area contributed by atoms with E-state index >= 15 is 0 Å². The molecule has 0 atom stereocenters. The van der Waals surface area contributed by atoms with Crippen molar-refractivity contribution in [3.05, 3.63) is 64.1 Å². The second-order valence-electron chi connectivity index (χ2n) is 5.55. The molecule has 1 amide bonds. The molecule has 1 aliphatic rings. The van der Waals surface area contributed by atoms with Crippen molar-refractivity contribution in [1.29, 1.82) is 0 Å². The first-order chi connectivity index (χ1) is 10.7. The van der Waals surface area contributed by atoms with Gasteiger partial charge in [-0.25, -0.2) is 0 Å². The van der Waals surface area contributed by atoms with Gasteiger partial charge in [0.15, 0.2) is 0 Å². The number of hydrogen-bond acceptors (Lipinski definition) is 2. The van der Waals surface area contributed by atoms with Crippen molar-refractivity contribution in [3.63, 3.8) is 0 Å². The van der Waals surface area contributed by atoms with Gasteiger partial charge in [-0.2, -0.15) is 0 Å². The number of halogens is 1. The summed E-state index contributed by atoms with van der Waals surface area (Å²) in [7, 11) is 0. The van der Waals surface area contributed by atoms with E-state index in [9.17, 15) is 4.79 Å². The summed E-state index contributed by atoms with van der Waals surface area (Å²) in [5.74, 6) is 0.237. The fourth-order valence-electron chi connectivity index (χ4n) is 2.67. The lowest BCUT2D eigenvalue weighted by Crippen LogP contribution is -2.23. The van der Waals surface area contributed by atoms with Crippen molar-refractivity contribution in [3.8, 4) is 0 Å². The highest BCUT2D eigenvalue weighted by Gasteiger charge is 2.21. The van der Waals surface area contributed by atoms with Gasteiger partial charge in [-0.05, 0) is 41.8 Å². The second kappa shape index (κ2) is 7.07. The second-order valence-corrected chi connectivity index (χ2v) is 6.46. The van der Waals surface area contributed by atoms with Gasteiger partial charge in [0.1, 0.15) is 0 Å². The molecule has 0 radical (unpaired) electrons. The summed E-state index contributed by atoms with van der Waals surface area (Å²) in [6, 6.07) is 16.6. The standard InChI is InChI=1S/C18H19BrN2O/c19-16-7-3-14(4-8-16)12-20-13-15-5-9-17(10-6-15)21-11-1-2-18(21)22/h3-10,20H,1-2,11-13H2. The zero-order chi connectivity index (χ0) is 15.4. The van der Waals surface area contributed by atoms with E-state index < -0.39 is 0 Å². The summed E-state index contributed by atoms with van der Waals surface area (Å²) in [6.07, 6.45) is 1.64. The number of benzene rings is 2. The van der Waals surface area contributed by atoms with Crippen molar-refractivity contribution >= 4 is 27.5 Å². The van der Waals surface area contributed by atoms with E-state index in [-0.39, 0.29) is 5.91 Å². The van der Waals surface area contributed by atoms with Crippen LogP contribution in [0.4, 0.5) is 5.69 Å². The number of nitrogens with one attached hydrogen (secondary N) is 1. The Morgan fingerprint density at radius 1 is 0.955 bits per heavy atom. The lowest BCUT2D eigenvalue weighted by Gasteiger charge is -2.16. The normalized spacial score (nSPS) is 14.6. The minimum Gasteiger partial charge on any atom is -0.312 e. The Morgan fingerprint density at radius 3 is 2.09 bits per heavy atom. The molecule has 1 fully saturated rings. The Hall–Kier alpha value is -1.65. The summed E-state index contributed by atoms with van der Waals surface area (Å²) in [6.45, 7) is 2.52. The Morgan fingerprint density at radius 2 is 1.55 bits per heavy atom. The number of nitrogens with zero attached hydrogens (tertiary/aromatic N) is 1. The van der Waals surface area contributed by atoms with E-state index in [0.29, 0.717) is 6.42 Å². The zero-order valence-corrected chi connectivity index (χ0v) is 14.0. The first kappa shape index (κ1) is 15.3. The summed E-state index contributed by atoms with van der Waals surface area (Å²) in [5, 5.41) is 3.44. The SMILES string of the molecule is O=C1CCCN1c1ccc(CNCc2ccc(Br)cc2)cc1. The molecule has 2 aromatic rings. The lowest BCUT2D eigenvalue weighted by atomic mass is 10.2. The molecule has 0 aromatic heterocycles. The van der Waals surface area contributed by atoms with Gasteiger partial charge in [0.2, 0.25) is 5.91 Å². The average Bonchev–Trinajstić information content (AvgIpc) is 2.96. The van der Waals surface area contributed by atoms with Crippen LogP contribution in [0.25, 0.3) is 0 Å². The monoisotopic (exact) mass is 358 g/mol. The molecule has 114 valence electrons. The largest absolute Gasteiger partial charge is 0.312 e. The van der Waals surface area contributed by atoms with Crippen molar-refractivity contribution < 1.29 is 4.79 Å². The van der Waals surface area contributed by atoms with Gasteiger partial charge >= 0.3 is 0 Å². The first-order valence-electron chi connectivity index (χ1n) is 7.57. The molecule has 0 spiro atoms. The average molecular weight is 359 g/mol. The van der Waals surface area contributed by atoms with Crippen molar-refractivity contribution in [2.45, 2.75) is 25.9 Å². The molecule has 1 heterocycles. The van der Waals surface area contributed by atoms with Crippen LogP contribution in [0.15, 0.2) is 53.0 Å². The predicted octanol–water partition coefficient (Wildman–Crippen LogP) is 3.87. The van der Waals surface area contributed by atoms with Gasteiger partial charge in [-0.3, -0.25) is 4.79 Å². The number of rotatable bonds is 5. The molecule has 0 saturated carbocycles. The molecule has 2 aromatic carbocycles. The van der Waals surface area contributed by atoms with Gasteiger partial charge in [0.05, 0.1) is 0 Å². The van der Waals surface area contributed by atoms with Crippen molar-refractivity contribution in [2.24, 2.45) is 0 Å². The fourth-order valence-corrected chi connectivity index (χ4v) is 2.93. The molecule has 1 aliphatic heterocycles. The molecular formula is C18H19BrN2O. The Balaban J connectivity index is 1.53. The number of hydrogen-bond donors (Lipinski definition) is 1. The highest BCUT2D eigenvalue weighted by atomic mass is 79.9. The highest BCUT2D eigenvalue weighted by Crippen LogP contribution is 2.21. The van der Waals surface area contributed by atoms with Gasteiger partial charge in [0.25, 0.3) is 0 Å². The van der Waals surface area contributed by atoms with Crippen LogP contribution < -0.4 is 10.2 Å². The minimum absolute atomic E-state index is 0.237. The molecule has 4 heteroatoms. The maximum atomic E-state index is 11.7. The first-order valence-corrected chi connectivity index (χ1v) is 8.36. The molecule has 0 aliphatic carbocycles. The third-order valence-corrected chi connectivity index (χ3v) is 4.42. The van der Waals surface area contributed by atoms with E-state index in [4.69, 9.17) is 0 Å². The van der Waals surface area contributed by atoms with Gasteiger partial charge in [-0.1, -0.05) is 40.2 Å². The van der Waals surface area contributed by atoms with E-state index in [0.717, 1.165) is 36.2 Å². The Kier molecular flexibility index (Phi) is 4.90. The fraction of sp³-hybridized carbons (Fsp3) is 0.278. The van der Waals surface area contributed by atoms with Crippen molar-refractivity contribution in [2.75, 3.05) is 11.4 Å². The van der Waals surface area contributed by atoms with Crippen LogP contribution in [0, 0.1) is 0 Å². The van der Waals surface area contributed by atoms with Crippen molar-refractivity contribution in [1.82, 2.24) is 5.32 Å². The smallest absolute Gasteiger partial charge is 0.227 e. The maximum absolute atomic E-state index is 11.7. The summed E-state index contributed by atoms with van der Waals surface area (Å²) in [4.78, 5) is 13.6. The molecule has 1 N–H and O–H groups in total. The van der Waals surface area contributed by atoms with Crippen LogP contribution in [0.5, 0.6) is 0 Å². The topological polar surface area (TPSA) is 32.3 Å². The van der Waals surface area contributed by atoms with Crippen LogP contribution in [0.3, 0.4) is 0 Å². The van der Waals surface area contributed by atoms with Crippen LogP contribution in [0.1, 0.15) is 24.0 Å². The number of anilines is 1. The van der Waals surface area contributed by atoms with Gasteiger partial charge < -0.3 is 10.2 Å². The number of carbonyl (C=O) groups is 1. The maximum Gasteiger partial charge on any atom is 0.227 e. The molecular weight excluding hydrogens is 340 g/mol. The van der Waals surface area contributed by atoms with Gasteiger partial charge in [-0.15, -0.1) is 0 Å². The lowest BCUT2D eigenvalue weighted by molar-refractivity contribution is -0.117. The molecule has 3 nitrogen and oxygen atoms in total. The Labute approximate surface area is 139 Å². The quantitative estimate of drug-likeness (QED) is 0.879. The van der Waals surface area contributed by atoms with Crippen LogP contribution in [0.2, 0.25) is 0 Å². The Bertz CT molecular complexity index is 637. The van der Waals surface area contributed by atoms with E-state index in [1.807, 2.05) is 17.0 Å². The number of amides is 1. The van der Waals surface area contributed by atoms with Crippen LogP contribution in [-0.4, -0.2) is 12.5 Å². The van der Waals surface area contributed by atoms with Crippen LogP contribution >= 0.6 is 15.9 Å². The predicted molar refractivity (Wildman–Crippen MR) is 92.7 cm³/mol. The third kappa shape index (κ3) is 3.76.